The molecule has 1 aromatic carbocycles. The summed E-state index contributed by atoms with van der Waals surface area (Å²) in [4.78, 5) is 0. The van der Waals surface area contributed by atoms with E-state index in [-0.39, 0.29) is 6.04 Å². The Morgan fingerprint density at radius 2 is 2.16 bits per heavy atom. The van der Waals surface area contributed by atoms with Crippen LogP contribution in [0.5, 0.6) is 0 Å². The van der Waals surface area contributed by atoms with Gasteiger partial charge in [-0.3, -0.25) is 0 Å². The Kier molecular flexibility index (Phi) is 3.02. The maximum atomic E-state index is 9.19. The van der Waals surface area contributed by atoms with Crippen LogP contribution in [0.3, 0.4) is 0 Å². The molecule has 1 atom stereocenters. The number of hydrogen-bond acceptors (Lipinski definition) is 5. The van der Waals surface area contributed by atoms with Gasteiger partial charge in [-0.1, -0.05) is 18.2 Å². The first-order valence-electron chi connectivity index (χ1n) is 6.45. The van der Waals surface area contributed by atoms with Crippen LogP contribution in [0.1, 0.15) is 18.5 Å². The molecule has 1 fully saturated rings. The van der Waals surface area contributed by atoms with E-state index < -0.39 is 0 Å². The highest BCUT2D eigenvalue weighted by Gasteiger charge is 2.31. The van der Waals surface area contributed by atoms with Gasteiger partial charge >= 0.3 is 0 Å². The van der Waals surface area contributed by atoms with Crippen LogP contribution in [0.25, 0.3) is 10.9 Å². The van der Waals surface area contributed by atoms with Gasteiger partial charge in [-0.25, -0.2) is 0 Å². The Morgan fingerprint density at radius 3 is 2.84 bits per heavy atom. The van der Waals surface area contributed by atoms with Crippen molar-refractivity contribution in [3.63, 3.8) is 0 Å². The molecule has 1 heterocycles. The third-order valence-electron chi connectivity index (χ3n) is 3.55. The van der Waals surface area contributed by atoms with Crippen LogP contribution in [0, 0.1) is 17.2 Å². The minimum atomic E-state index is 0.208. The number of anilines is 1. The molecule has 96 valence electrons. The minimum absolute atomic E-state index is 0.208. The van der Waals surface area contributed by atoms with Gasteiger partial charge in [0.2, 0.25) is 0 Å². The van der Waals surface area contributed by atoms with Gasteiger partial charge in [-0.05, 0) is 24.8 Å². The van der Waals surface area contributed by atoms with E-state index in [1.165, 1.54) is 12.8 Å². The van der Waals surface area contributed by atoms with Crippen LogP contribution >= 0.6 is 0 Å². The van der Waals surface area contributed by atoms with Crippen molar-refractivity contribution in [1.29, 1.82) is 5.26 Å². The molecule has 3 rings (SSSR count). The Hall–Kier alpha value is -2.19. The molecule has 5 heteroatoms. The summed E-state index contributed by atoms with van der Waals surface area (Å²) >= 11 is 0. The van der Waals surface area contributed by atoms with E-state index in [0.717, 1.165) is 16.6 Å². The predicted molar refractivity (Wildman–Crippen MR) is 73.4 cm³/mol. The number of benzene rings is 1. The van der Waals surface area contributed by atoms with Crippen LogP contribution in [0.15, 0.2) is 24.3 Å². The van der Waals surface area contributed by atoms with Crippen LogP contribution in [-0.2, 0) is 0 Å². The molecular weight excluding hydrogens is 238 g/mol. The predicted octanol–water partition coefficient (Wildman–Crippen LogP) is 1.65. The summed E-state index contributed by atoms with van der Waals surface area (Å²) in [7, 11) is 0. The molecule has 0 saturated heterocycles. The van der Waals surface area contributed by atoms with Crippen molar-refractivity contribution in [2.75, 3.05) is 11.9 Å². The summed E-state index contributed by atoms with van der Waals surface area (Å²) in [6.07, 6.45) is 2.40. The minimum Gasteiger partial charge on any atom is -0.378 e. The second-order valence-electron chi connectivity index (χ2n) is 4.88. The molecular formula is C14H15N5. The Labute approximate surface area is 111 Å². The van der Waals surface area contributed by atoms with E-state index in [1.807, 2.05) is 24.3 Å². The van der Waals surface area contributed by atoms with Crippen molar-refractivity contribution in [2.24, 2.45) is 11.7 Å². The zero-order valence-electron chi connectivity index (χ0n) is 10.5. The van der Waals surface area contributed by atoms with Crippen molar-refractivity contribution in [3.8, 4) is 6.07 Å². The van der Waals surface area contributed by atoms with Gasteiger partial charge in [0.1, 0.15) is 6.07 Å². The molecule has 0 amide bonds. The number of fused-ring (bicyclic) bond motifs is 1. The van der Waals surface area contributed by atoms with Crippen LogP contribution in [0.4, 0.5) is 5.69 Å². The molecule has 0 radical (unpaired) electrons. The summed E-state index contributed by atoms with van der Waals surface area (Å²) in [6, 6.07) is 10.00. The second kappa shape index (κ2) is 4.82. The molecule has 5 nitrogen and oxygen atoms in total. The Balaban J connectivity index is 2.06. The van der Waals surface area contributed by atoms with Gasteiger partial charge in [0, 0.05) is 18.0 Å². The van der Waals surface area contributed by atoms with Crippen molar-refractivity contribution in [2.45, 2.75) is 18.9 Å². The molecule has 1 aliphatic carbocycles. The molecule has 1 saturated carbocycles. The molecule has 0 spiro atoms. The van der Waals surface area contributed by atoms with Gasteiger partial charge in [0.25, 0.3) is 0 Å². The van der Waals surface area contributed by atoms with E-state index in [9.17, 15) is 5.26 Å². The maximum absolute atomic E-state index is 9.19. The summed E-state index contributed by atoms with van der Waals surface area (Å²) < 4.78 is 0. The number of rotatable bonds is 4. The number of aromatic nitrogens is 2. The van der Waals surface area contributed by atoms with E-state index in [2.05, 4.69) is 21.6 Å². The fraction of sp³-hybridized carbons (Fsp3) is 0.357. The van der Waals surface area contributed by atoms with Crippen molar-refractivity contribution < 1.29 is 0 Å². The number of nitrogens with zero attached hydrogens (tertiary/aromatic N) is 3. The van der Waals surface area contributed by atoms with Gasteiger partial charge in [-0.15, -0.1) is 10.2 Å². The average Bonchev–Trinajstić information content (AvgIpc) is 3.29. The first kappa shape index (κ1) is 11.9. The molecule has 1 unspecified atom stereocenters. The zero-order valence-corrected chi connectivity index (χ0v) is 10.5. The SMILES string of the molecule is N#Cc1nnc2ccccc2c1NC(CN)C1CC1. The largest absolute Gasteiger partial charge is 0.378 e. The molecule has 2 aromatic rings. The normalized spacial score (nSPS) is 16.0. The number of hydrogen-bond donors (Lipinski definition) is 2. The Bertz CT molecular complexity index is 642. The molecule has 0 bridgehead atoms. The van der Waals surface area contributed by atoms with Crippen LogP contribution in [-0.4, -0.2) is 22.8 Å². The smallest absolute Gasteiger partial charge is 0.186 e. The summed E-state index contributed by atoms with van der Waals surface area (Å²) in [6.45, 7) is 0.562. The highest BCUT2D eigenvalue weighted by Crippen LogP contribution is 2.35. The average molecular weight is 253 g/mol. The second-order valence-corrected chi connectivity index (χ2v) is 4.88. The molecule has 1 aromatic heterocycles. The quantitative estimate of drug-likeness (QED) is 0.865. The molecule has 1 aliphatic rings. The lowest BCUT2D eigenvalue weighted by atomic mass is 10.1. The van der Waals surface area contributed by atoms with Crippen molar-refractivity contribution in [3.05, 3.63) is 30.0 Å². The lowest BCUT2D eigenvalue weighted by molar-refractivity contribution is 0.645. The third-order valence-corrected chi connectivity index (χ3v) is 3.55. The van der Waals surface area contributed by atoms with E-state index in [0.29, 0.717) is 18.2 Å². The highest BCUT2D eigenvalue weighted by molar-refractivity contribution is 5.92. The summed E-state index contributed by atoms with van der Waals surface area (Å²) in [5, 5.41) is 21.6. The van der Waals surface area contributed by atoms with Gasteiger partial charge in [0.05, 0.1) is 11.2 Å². The topological polar surface area (TPSA) is 87.6 Å². The first-order valence-corrected chi connectivity index (χ1v) is 6.45. The van der Waals surface area contributed by atoms with E-state index >= 15 is 0 Å². The lowest BCUT2D eigenvalue weighted by Gasteiger charge is -2.19. The maximum Gasteiger partial charge on any atom is 0.186 e. The number of nitrogens with one attached hydrogen (secondary N) is 1. The van der Waals surface area contributed by atoms with E-state index in [1.54, 1.807) is 0 Å². The third kappa shape index (κ3) is 2.23. The van der Waals surface area contributed by atoms with Crippen LogP contribution in [0.2, 0.25) is 0 Å². The lowest BCUT2D eigenvalue weighted by Crippen LogP contribution is -2.31. The van der Waals surface area contributed by atoms with Gasteiger partial charge in [0.15, 0.2) is 5.69 Å². The van der Waals surface area contributed by atoms with E-state index in [4.69, 9.17) is 5.73 Å². The number of nitrogens with two attached hydrogens (primary N) is 1. The zero-order chi connectivity index (χ0) is 13.2. The van der Waals surface area contributed by atoms with Gasteiger partial charge in [-0.2, -0.15) is 5.26 Å². The van der Waals surface area contributed by atoms with Crippen LogP contribution < -0.4 is 11.1 Å². The fourth-order valence-corrected chi connectivity index (χ4v) is 2.33. The summed E-state index contributed by atoms with van der Waals surface area (Å²) in [5.74, 6) is 0.614. The van der Waals surface area contributed by atoms with Gasteiger partial charge < -0.3 is 11.1 Å². The monoisotopic (exact) mass is 253 g/mol. The van der Waals surface area contributed by atoms with Crippen molar-refractivity contribution >= 4 is 16.6 Å². The number of nitriles is 1. The molecule has 19 heavy (non-hydrogen) atoms. The Morgan fingerprint density at radius 1 is 1.37 bits per heavy atom. The molecule has 3 N–H and O–H groups in total. The molecule has 0 aliphatic heterocycles. The fourth-order valence-electron chi connectivity index (χ4n) is 2.33. The summed E-state index contributed by atoms with van der Waals surface area (Å²) in [5.41, 5.74) is 7.69. The van der Waals surface area contributed by atoms with Crippen molar-refractivity contribution in [1.82, 2.24) is 10.2 Å². The highest BCUT2D eigenvalue weighted by atomic mass is 15.1. The first-order chi connectivity index (χ1) is 9.33. The standard InChI is InChI=1S/C14H15N5/c15-7-12(9-5-6-9)17-14-10-3-1-2-4-11(10)18-19-13(14)8-16/h1-4,9,12H,5-7,15H2,(H,17,18).